The van der Waals surface area contributed by atoms with Crippen molar-refractivity contribution in [3.8, 4) is 11.8 Å². The van der Waals surface area contributed by atoms with Crippen LogP contribution in [-0.2, 0) is 9.53 Å². The highest BCUT2D eigenvalue weighted by Gasteiger charge is 2.37. The number of esters is 1. The van der Waals surface area contributed by atoms with Gasteiger partial charge in [-0.3, -0.25) is 4.79 Å². The third-order valence-electron chi connectivity index (χ3n) is 2.20. The standard InChI is InChI=1S/C12H10O2/c1-9-11(14-12(9)13)8-7-10-5-3-2-4-6-10/h2-6,9,11H,1H3/t9-,11+/m1/s1. The van der Waals surface area contributed by atoms with Gasteiger partial charge in [-0.25, -0.2) is 0 Å². The average Bonchev–Trinajstić information content (AvgIpc) is 2.25. The Labute approximate surface area is 82.9 Å². The predicted octanol–water partition coefficient (Wildman–Crippen LogP) is 1.60. The molecule has 0 aliphatic carbocycles. The van der Waals surface area contributed by atoms with Crippen molar-refractivity contribution in [3.63, 3.8) is 0 Å². The molecule has 0 saturated carbocycles. The Morgan fingerprint density at radius 1 is 1.29 bits per heavy atom. The fourth-order valence-electron chi connectivity index (χ4n) is 1.22. The Hall–Kier alpha value is -1.75. The van der Waals surface area contributed by atoms with Crippen molar-refractivity contribution < 1.29 is 9.53 Å². The molecule has 1 fully saturated rings. The van der Waals surface area contributed by atoms with E-state index in [0.29, 0.717) is 0 Å². The Bertz CT molecular complexity index is 397. The van der Waals surface area contributed by atoms with Crippen molar-refractivity contribution in [3.05, 3.63) is 35.9 Å². The van der Waals surface area contributed by atoms with E-state index in [2.05, 4.69) is 11.8 Å². The molecule has 0 N–H and O–H groups in total. The summed E-state index contributed by atoms with van der Waals surface area (Å²) >= 11 is 0. The van der Waals surface area contributed by atoms with Crippen molar-refractivity contribution in [2.75, 3.05) is 0 Å². The molecule has 2 nitrogen and oxygen atoms in total. The molecule has 0 spiro atoms. The maximum atomic E-state index is 10.8. The molecule has 1 aromatic rings. The second-order valence-electron chi connectivity index (χ2n) is 3.28. The Morgan fingerprint density at radius 3 is 2.57 bits per heavy atom. The van der Waals surface area contributed by atoms with Crippen molar-refractivity contribution in [2.45, 2.75) is 13.0 Å². The van der Waals surface area contributed by atoms with Crippen LogP contribution in [0.1, 0.15) is 12.5 Å². The Morgan fingerprint density at radius 2 is 2.00 bits per heavy atom. The van der Waals surface area contributed by atoms with E-state index >= 15 is 0 Å². The summed E-state index contributed by atoms with van der Waals surface area (Å²) < 4.78 is 4.86. The SMILES string of the molecule is C[C@H]1C(=O)O[C@H]1C#Cc1ccccc1. The molecule has 1 aliphatic rings. The molecule has 1 aromatic carbocycles. The van der Waals surface area contributed by atoms with Crippen LogP contribution < -0.4 is 0 Å². The summed E-state index contributed by atoms with van der Waals surface area (Å²) in [5, 5.41) is 0. The van der Waals surface area contributed by atoms with Gasteiger partial charge in [-0.2, -0.15) is 0 Å². The van der Waals surface area contributed by atoms with E-state index in [9.17, 15) is 4.79 Å². The van der Waals surface area contributed by atoms with Crippen molar-refractivity contribution in [2.24, 2.45) is 5.92 Å². The van der Waals surface area contributed by atoms with E-state index in [1.54, 1.807) is 0 Å². The largest absolute Gasteiger partial charge is 0.448 e. The third-order valence-corrected chi connectivity index (χ3v) is 2.20. The molecule has 1 heterocycles. The first-order chi connectivity index (χ1) is 6.77. The Kier molecular flexibility index (Phi) is 2.24. The lowest BCUT2D eigenvalue weighted by Gasteiger charge is -2.27. The monoisotopic (exact) mass is 186 g/mol. The summed E-state index contributed by atoms with van der Waals surface area (Å²) in [6.07, 6.45) is -0.220. The van der Waals surface area contributed by atoms with Crippen LogP contribution in [0, 0.1) is 17.8 Å². The van der Waals surface area contributed by atoms with E-state index < -0.39 is 0 Å². The summed E-state index contributed by atoms with van der Waals surface area (Å²) in [5.41, 5.74) is 0.947. The van der Waals surface area contributed by atoms with Gasteiger partial charge in [-0.15, -0.1) is 0 Å². The molecule has 70 valence electrons. The molecule has 14 heavy (non-hydrogen) atoms. The summed E-state index contributed by atoms with van der Waals surface area (Å²) in [6.45, 7) is 1.83. The smallest absolute Gasteiger partial charge is 0.314 e. The van der Waals surface area contributed by atoms with Gasteiger partial charge in [0.2, 0.25) is 0 Å². The van der Waals surface area contributed by atoms with Gasteiger partial charge in [0.1, 0.15) is 5.92 Å². The normalized spacial score (nSPS) is 24.2. The number of carbonyl (C=O) groups excluding carboxylic acids is 1. The molecule has 0 radical (unpaired) electrons. The highest BCUT2D eigenvalue weighted by molar-refractivity contribution is 5.79. The zero-order chi connectivity index (χ0) is 9.97. The number of rotatable bonds is 0. The maximum Gasteiger partial charge on any atom is 0.314 e. The minimum atomic E-state index is -0.220. The minimum absolute atomic E-state index is 0.0776. The van der Waals surface area contributed by atoms with Crippen LogP contribution in [0.4, 0.5) is 0 Å². The van der Waals surface area contributed by atoms with E-state index in [1.807, 2.05) is 37.3 Å². The summed E-state index contributed by atoms with van der Waals surface area (Å²) in [5.74, 6) is 5.66. The highest BCUT2D eigenvalue weighted by Crippen LogP contribution is 2.20. The van der Waals surface area contributed by atoms with Crippen LogP contribution in [0.2, 0.25) is 0 Å². The lowest BCUT2D eigenvalue weighted by molar-refractivity contribution is -0.175. The third kappa shape index (κ3) is 1.62. The Balaban J connectivity index is 2.05. The minimum Gasteiger partial charge on any atom is -0.448 e. The van der Waals surface area contributed by atoms with Crippen LogP contribution >= 0.6 is 0 Å². The van der Waals surface area contributed by atoms with Crippen LogP contribution in [-0.4, -0.2) is 12.1 Å². The van der Waals surface area contributed by atoms with Crippen LogP contribution in [0.5, 0.6) is 0 Å². The molecule has 1 saturated heterocycles. The zero-order valence-corrected chi connectivity index (χ0v) is 7.86. The zero-order valence-electron chi connectivity index (χ0n) is 7.86. The summed E-state index contributed by atoms with van der Waals surface area (Å²) in [6, 6.07) is 9.66. The van der Waals surface area contributed by atoms with Crippen molar-refractivity contribution in [1.82, 2.24) is 0 Å². The van der Waals surface area contributed by atoms with Crippen LogP contribution in [0.3, 0.4) is 0 Å². The van der Waals surface area contributed by atoms with Gasteiger partial charge in [-0.05, 0) is 19.1 Å². The molecule has 0 unspecified atom stereocenters. The van der Waals surface area contributed by atoms with Gasteiger partial charge in [0.25, 0.3) is 0 Å². The van der Waals surface area contributed by atoms with Gasteiger partial charge in [0.05, 0.1) is 0 Å². The highest BCUT2D eigenvalue weighted by atomic mass is 16.6. The first-order valence-corrected chi connectivity index (χ1v) is 4.54. The molecule has 0 bridgehead atoms. The van der Waals surface area contributed by atoms with Gasteiger partial charge in [0, 0.05) is 5.56 Å². The first kappa shape index (κ1) is 8.83. The lowest BCUT2D eigenvalue weighted by atomic mass is 10.00. The van der Waals surface area contributed by atoms with Gasteiger partial charge in [-0.1, -0.05) is 30.0 Å². The molecule has 2 heteroatoms. The number of cyclic esters (lactones) is 1. The van der Waals surface area contributed by atoms with Gasteiger partial charge >= 0.3 is 5.97 Å². The fraction of sp³-hybridized carbons (Fsp3) is 0.250. The quantitative estimate of drug-likeness (QED) is 0.454. The van der Waals surface area contributed by atoms with Crippen molar-refractivity contribution >= 4 is 5.97 Å². The summed E-state index contributed by atoms with van der Waals surface area (Å²) in [4.78, 5) is 10.8. The molecule has 0 aromatic heterocycles. The molecule has 0 amide bonds. The van der Waals surface area contributed by atoms with Gasteiger partial charge < -0.3 is 4.74 Å². The molecule has 2 atom stereocenters. The first-order valence-electron chi connectivity index (χ1n) is 4.54. The molecular formula is C12H10O2. The van der Waals surface area contributed by atoms with Crippen LogP contribution in [0.25, 0.3) is 0 Å². The lowest BCUT2D eigenvalue weighted by Crippen LogP contribution is -2.42. The molecule has 1 aliphatic heterocycles. The second kappa shape index (κ2) is 3.55. The molecule has 2 rings (SSSR count). The second-order valence-corrected chi connectivity index (χ2v) is 3.28. The number of ether oxygens (including phenoxy) is 1. The van der Waals surface area contributed by atoms with E-state index in [1.165, 1.54) is 0 Å². The van der Waals surface area contributed by atoms with Crippen LogP contribution in [0.15, 0.2) is 30.3 Å². The molecular weight excluding hydrogens is 176 g/mol. The fourth-order valence-corrected chi connectivity index (χ4v) is 1.22. The van der Waals surface area contributed by atoms with Gasteiger partial charge in [0.15, 0.2) is 6.10 Å². The van der Waals surface area contributed by atoms with E-state index in [0.717, 1.165) is 5.56 Å². The average molecular weight is 186 g/mol. The predicted molar refractivity (Wildman–Crippen MR) is 52.4 cm³/mol. The number of benzene rings is 1. The topological polar surface area (TPSA) is 26.3 Å². The number of hydrogen-bond donors (Lipinski definition) is 0. The number of hydrogen-bond acceptors (Lipinski definition) is 2. The maximum absolute atomic E-state index is 10.8. The van der Waals surface area contributed by atoms with E-state index in [4.69, 9.17) is 4.74 Å². The number of carbonyl (C=O) groups is 1. The van der Waals surface area contributed by atoms with Crippen molar-refractivity contribution in [1.29, 1.82) is 0 Å². The van der Waals surface area contributed by atoms with E-state index in [-0.39, 0.29) is 18.0 Å². The summed E-state index contributed by atoms with van der Waals surface area (Å²) in [7, 11) is 0.